The molecule has 178 valence electrons. The molecule has 1 aromatic heterocycles. The zero-order valence-electron chi connectivity index (χ0n) is 18.7. The number of nitrogens with zero attached hydrogens (tertiary/aromatic N) is 1. The molecule has 10 heteroatoms. The fourth-order valence-electron chi connectivity index (χ4n) is 5.05. The Morgan fingerprint density at radius 1 is 1.18 bits per heavy atom. The number of halogens is 1. The lowest BCUT2D eigenvalue weighted by atomic mass is 9.96. The van der Waals surface area contributed by atoms with Gasteiger partial charge >= 0.3 is 0 Å². The number of methoxy groups -OCH3 is 1. The fourth-order valence-corrected chi connectivity index (χ4v) is 7.22. The molecule has 1 saturated heterocycles. The van der Waals surface area contributed by atoms with Crippen molar-refractivity contribution in [3.63, 3.8) is 0 Å². The fraction of sp³-hybridized carbons (Fsp3) is 0.333. The van der Waals surface area contributed by atoms with Crippen molar-refractivity contribution in [1.82, 2.24) is 4.90 Å². The number of fused-ring (bicyclic) bond motifs is 2. The van der Waals surface area contributed by atoms with Crippen LogP contribution in [0.5, 0.6) is 11.5 Å². The molecule has 34 heavy (non-hydrogen) atoms. The number of ether oxygens (including phenoxy) is 1. The van der Waals surface area contributed by atoms with E-state index in [2.05, 4.69) is 15.9 Å². The molecule has 8 nitrogen and oxygen atoms in total. The Kier molecular flexibility index (Phi) is 5.29. The normalized spacial score (nSPS) is 21.3. The molecule has 2 atom stereocenters. The second kappa shape index (κ2) is 7.84. The Bertz CT molecular complexity index is 1540. The molecule has 3 aromatic rings. The first-order valence-corrected chi connectivity index (χ1v) is 13.3. The SMILES string of the molecule is COc1cc(C2c3c(oc4c(C)cc(C)cc4c3=O)C(=O)N2C2CCS(=O)(=O)C2)cc(Br)c1O. The average molecular weight is 548 g/mol. The van der Waals surface area contributed by atoms with Gasteiger partial charge in [-0.2, -0.15) is 0 Å². The van der Waals surface area contributed by atoms with Crippen LogP contribution in [-0.4, -0.2) is 49.0 Å². The van der Waals surface area contributed by atoms with Crippen LogP contribution in [0.1, 0.15) is 45.3 Å². The zero-order chi connectivity index (χ0) is 24.5. The van der Waals surface area contributed by atoms with Crippen molar-refractivity contribution in [2.45, 2.75) is 32.4 Å². The van der Waals surface area contributed by atoms with Crippen molar-refractivity contribution in [2.75, 3.05) is 18.6 Å². The molecular weight excluding hydrogens is 526 g/mol. The first kappa shape index (κ1) is 22.9. The number of hydrogen-bond acceptors (Lipinski definition) is 7. The summed E-state index contributed by atoms with van der Waals surface area (Å²) in [5, 5.41) is 10.7. The Morgan fingerprint density at radius 2 is 1.91 bits per heavy atom. The molecule has 1 N–H and O–H groups in total. The van der Waals surface area contributed by atoms with Gasteiger partial charge in [0.05, 0.1) is 40.1 Å². The van der Waals surface area contributed by atoms with Gasteiger partial charge in [-0.05, 0) is 71.1 Å². The maximum atomic E-state index is 13.8. The van der Waals surface area contributed by atoms with Gasteiger partial charge in [0, 0.05) is 6.04 Å². The number of amides is 1. The van der Waals surface area contributed by atoms with Crippen molar-refractivity contribution in [2.24, 2.45) is 0 Å². The highest BCUT2D eigenvalue weighted by atomic mass is 79.9. The lowest BCUT2D eigenvalue weighted by Crippen LogP contribution is -2.40. The largest absolute Gasteiger partial charge is 0.503 e. The summed E-state index contributed by atoms with van der Waals surface area (Å²) in [5.74, 6) is -0.796. The van der Waals surface area contributed by atoms with E-state index in [1.54, 1.807) is 18.2 Å². The second-order valence-corrected chi connectivity index (χ2v) is 11.9. The molecule has 0 aliphatic carbocycles. The number of hydrogen-bond donors (Lipinski definition) is 1. The van der Waals surface area contributed by atoms with Crippen molar-refractivity contribution < 1.29 is 27.5 Å². The minimum absolute atomic E-state index is 0.0330. The Hall–Kier alpha value is -2.85. The van der Waals surface area contributed by atoms with Crippen LogP contribution >= 0.6 is 15.9 Å². The van der Waals surface area contributed by atoms with E-state index in [1.807, 2.05) is 19.9 Å². The maximum absolute atomic E-state index is 13.8. The van der Waals surface area contributed by atoms with E-state index < -0.39 is 27.8 Å². The predicted octanol–water partition coefficient (Wildman–Crippen LogP) is 3.62. The van der Waals surface area contributed by atoms with Gasteiger partial charge in [0.2, 0.25) is 5.76 Å². The summed E-state index contributed by atoms with van der Waals surface area (Å²) in [7, 11) is -1.92. The number of phenols is 1. The first-order chi connectivity index (χ1) is 16.0. The highest BCUT2D eigenvalue weighted by molar-refractivity contribution is 9.10. The van der Waals surface area contributed by atoms with Crippen molar-refractivity contribution in [1.29, 1.82) is 0 Å². The smallest absolute Gasteiger partial charge is 0.291 e. The monoisotopic (exact) mass is 547 g/mol. The van der Waals surface area contributed by atoms with E-state index in [9.17, 15) is 23.1 Å². The number of benzene rings is 2. The van der Waals surface area contributed by atoms with E-state index >= 15 is 0 Å². The number of sulfone groups is 1. The molecule has 3 heterocycles. The molecule has 2 aromatic carbocycles. The summed E-state index contributed by atoms with van der Waals surface area (Å²) < 4.78 is 36.2. The van der Waals surface area contributed by atoms with Crippen LogP contribution in [0, 0.1) is 13.8 Å². The van der Waals surface area contributed by atoms with Gasteiger partial charge < -0.3 is 19.2 Å². The van der Waals surface area contributed by atoms with Gasteiger partial charge in [-0.1, -0.05) is 6.07 Å². The molecule has 5 rings (SSSR count). The highest BCUT2D eigenvalue weighted by Gasteiger charge is 2.48. The minimum Gasteiger partial charge on any atom is -0.503 e. The first-order valence-electron chi connectivity index (χ1n) is 10.7. The van der Waals surface area contributed by atoms with E-state index in [1.165, 1.54) is 12.0 Å². The molecule has 0 spiro atoms. The molecule has 0 bridgehead atoms. The summed E-state index contributed by atoms with van der Waals surface area (Å²) in [6.45, 7) is 3.68. The van der Waals surface area contributed by atoms with Crippen LogP contribution in [0.2, 0.25) is 0 Å². The van der Waals surface area contributed by atoms with Gasteiger partial charge in [0.15, 0.2) is 26.8 Å². The van der Waals surface area contributed by atoms with Crippen molar-refractivity contribution in [3.8, 4) is 11.5 Å². The highest BCUT2D eigenvalue weighted by Crippen LogP contribution is 2.45. The number of carbonyl (C=O) groups is 1. The number of rotatable bonds is 3. The topological polar surface area (TPSA) is 114 Å². The molecule has 2 aliphatic rings. The van der Waals surface area contributed by atoms with Gasteiger partial charge in [-0.3, -0.25) is 9.59 Å². The van der Waals surface area contributed by atoms with Crippen LogP contribution < -0.4 is 10.2 Å². The van der Waals surface area contributed by atoms with Gasteiger partial charge in [-0.15, -0.1) is 0 Å². The van der Waals surface area contributed by atoms with Gasteiger partial charge in [0.1, 0.15) is 5.58 Å². The Labute approximate surface area is 204 Å². The molecule has 2 unspecified atom stereocenters. The predicted molar refractivity (Wildman–Crippen MR) is 129 cm³/mol. The van der Waals surface area contributed by atoms with Crippen LogP contribution in [0.3, 0.4) is 0 Å². The average Bonchev–Trinajstić information content (AvgIpc) is 3.27. The summed E-state index contributed by atoms with van der Waals surface area (Å²) in [6, 6.07) is 5.24. The van der Waals surface area contributed by atoms with Crippen LogP contribution in [0.25, 0.3) is 11.0 Å². The minimum atomic E-state index is -3.31. The molecular formula is C24H22BrNO7S. The zero-order valence-corrected chi connectivity index (χ0v) is 21.1. The van der Waals surface area contributed by atoms with E-state index in [0.717, 1.165) is 11.1 Å². The number of carbonyl (C=O) groups excluding carboxylic acids is 1. The van der Waals surface area contributed by atoms with Gasteiger partial charge in [-0.25, -0.2) is 8.42 Å². The van der Waals surface area contributed by atoms with Gasteiger partial charge in [0.25, 0.3) is 5.91 Å². The third-order valence-corrected chi connectivity index (χ3v) is 8.88. The van der Waals surface area contributed by atoms with Crippen molar-refractivity contribution >= 4 is 42.6 Å². The summed E-state index contributed by atoms with van der Waals surface area (Å²) in [4.78, 5) is 28.9. The Balaban J connectivity index is 1.82. The molecule has 0 radical (unpaired) electrons. The van der Waals surface area contributed by atoms with Crippen molar-refractivity contribution in [3.05, 3.63) is 67.0 Å². The third-order valence-electron chi connectivity index (χ3n) is 6.53. The number of aryl methyl sites for hydroxylation is 2. The summed E-state index contributed by atoms with van der Waals surface area (Å²) in [5.41, 5.74) is 2.27. The maximum Gasteiger partial charge on any atom is 0.291 e. The lowest BCUT2D eigenvalue weighted by Gasteiger charge is -2.30. The van der Waals surface area contributed by atoms with Crippen LogP contribution in [0.4, 0.5) is 0 Å². The second-order valence-electron chi connectivity index (χ2n) is 8.86. The third kappa shape index (κ3) is 3.42. The molecule has 2 aliphatic heterocycles. The van der Waals surface area contributed by atoms with E-state index in [0.29, 0.717) is 21.0 Å². The molecule has 0 saturated carbocycles. The molecule has 1 fully saturated rings. The van der Waals surface area contributed by atoms with E-state index in [-0.39, 0.29) is 46.2 Å². The summed E-state index contributed by atoms with van der Waals surface area (Å²) >= 11 is 3.31. The lowest BCUT2D eigenvalue weighted by molar-refractivity contribution is 0.0662. The molecule has 1 amide bonds. The number of aromatic hydroxyl groups is 1. The van der Waals surface area contributed by atoms with Crippen LogP contribution in [-0.2, 0) is 9.84 Å². The Morgan fingerprint density at radius 3 is 2.56 bits per heavy atom. The van der Waals surface area contributed by atoms with Crippen LogP contribution in [0.15, 0.2) is 37.9 Å². The quantitative estimate of drug-likeness (QED) is 0.532. The standard InChI is InChI=1S/C24H22BrNO7S/c1-11-6-12(2)22-15(7-11)20(27)18-19(13-8-16(25)21(28)17(9-13)32-3)26(24(29)23(18)33-22)14-4-5-34(30,31)10-14/h6-9,14,19,28H,4-5,10H2,1-3H3. The number of phenolic OH excluding ortho intramolecular Hbond substituents is 1. The summed E-state index contributed by atoms with van der Waals surface area (Å²) in [6.07, 6.45) is 0.265. The van der Waals surface area contributed by atoms with E-state index in [4.69, 9.17) is 9.15 Å².